The molecule has 0 aliphatic carbocycles. The minimum absolute atomic E-state index is 0.198. The van der Waals surface area contributed by atoms with E-state index in [1.54, 1.807) is 18.7 Å². The summed E-state index contributed by atoms with van der Waals surface area (Å²) in [6.07, 6.45) is 3.06. The molecule has 0 fully saturated rings. The average Bonchev–Trinajstić information content (AvgIpc) is 3.30. The molecule has 0 spiro atoms. The smallest absolute Gasteiger partial charge is 0.329 e. The fourth-order valence-electron chi connectivity index (χ4n) is 4.71. The van der Waals surface area contributed by atoms with Crippen molar-refractivity contribution >= 4 is 23.7 Å². The summed E-state index contributed by atoms with van der Waals surface area (Å²) in [5, 5.41) is 0. The maximum atomic E-state index is 14.1. The molecule has 8 heteroatoms. The van der Waals surface area contributed by atoms with Gasteiger partial charge in [0.2, 0.25) is 0 Å². The van der Waals surface area contributed by atoms with Gasteiger partial charge in [-0.05, 0) is 63.3 Å². The lowest BCUT2D eigenvalue weighted by atomic mass is 9.98. The molecular formula is C29H39N3O5. The van der Waals surface area contributed by atoms with Crippen LogP contribution in [-0.2, 0) is 31.9 Å². The molecule has 1 unspecified atom stereocenters. The number of urea groups is 1. The Labute approximate surface area is 219 Å². The summed E-state index contributed by atoms with van der Waals surface area (Å²) >= 11 is 0. The van der Waals surface area contributed by atoms with E-state index in [4.69, 9.17) is 15.2 Å². The molecule has 1 aliphatic heterocycles. The van der Waals surface area contributed by atoms with Crippen molar-refractivity contribution in [3.8, 4) is 0 Å². The zero-order chi connectivity index (χ0) is 26.6. The van der Waals surface area contributed by atoms with Crippen molar-refractivity contribution in [2.24, 2.45) is 11.7 Å². The number of ether oxygens (including phenoxy) is 2. The topological polar surface area (TPSA) is 102 Å². The Morgan fingerprint density at radius 1 is 1.00 bits per heavy atom. The van der Waals surface area contributed by atoms with Crippen LogP contribution in [-0.4, -0.2) is 61.8 Å². The van der Waals surface area contributed by atoms with Gasteiger partial charge in [0.1, 0.15) is 6.04 Å². The number of hydrogen-bond donors (Lipinski definition) is 1. The molecule has 2 amide bonds. The minimum Gasteiger partial charge on any atom is -0.466 e. The quantitative estimate of drug-likeness (QED) is 0.324. The highest BCUT2D eigenvalue weighted by atomic mass is 16.5. The van der Waals surface area contributed by atoms with E-state index in [9.17, 15) is 14.4 Å². The van der Waals surface area contributed by atoms with Crippen molar-refractivity contribution in [3.05, 3.63) is 65.7 Å². The Balaban J connectivity index is 1.87. The third kappa shape index (κ3) is 7.55. The predicted octanol–water partition coefficient (Wildman–Crippen LogP) is 3.95. The van der Waals surface area contributed by atoms with Crippen molar-refractivity contribution < 1.29 is 23.9 Å². The number of anilines is 1. The lowest BCUT2D eigenvalue weighted by molar-refractivity contribution is -0.149. The first kappa shape index (κ1) is 28.2. The molecule has 1 aliphatic rings. The van der Waals surface area contributed by atoms with Crippen LogP contribution in [0.5, 0.6) is 0 Å². The third-order valence-electron chi connectivity index (χ3n) is 6.58. The van der Waals surface area contributed by atoms with Gasteiger partial charge in [-0.3, -0.25) is 9.69 Å². The highest BCUT2D eigenvalue weighted by Gasteiger charge is 2.41. The van der Waals surface area contributed by atoms with E-state index in [2.05, 4.69) is 0 Å². The highest BCUT2D eigenvalue weighted by Crippen LogP contribution is 2.34. The molecule has 200 valence electrons. The van der Waals surface area contributed by atoms with Crippen LogP contribution in [0.1, 0.15) is 44.2 Å². The van der Waals surface area contributed by atoms with Gasteiger partial charge in [0.25, 0.3) is 0 Å². The number of nitrogens with zero attached hydrogens (tertiary/aromatic N) is 2. The first-order valence-corrected chi connectivity index (χ1v) is 13.2. The summed E-state index contributed by atoms with van der Waals surface area (Å²) in [5.74, 6) is -1.25. The average molecular weight is 510 g/mol. The number of benzene rings is 2. The molecule has 2 aromatic carbocycles. The molecule has 0 bridgehead atoms. The lowest BCUT2D eigenvalue weighted by Crippen LogP contribution is -2.52. The second kappa shape index (κ2) is 14.4. The molecule has 8 nitrogen and oxygen atoms in total. The van der Waals surface area contributed by atoms with E-state index in [0.717, 1.165) is 17.5 Å². The Morgan fingerprint density at radius 3 is 2.41 bits per heavy atom. The molecule has 0 saturated heterocycles. The number of nitrogens with two attached hydrogens (primary N) is 1. The SMILES string of the molecule is CCOC(=O)C1Cc2ccccc2N1C(=O)N(CCCCN)C[C@H](CCc1ccccc1)C(=O)OCC. The van der Waals surface area contributed by atoms with E-state index in [1.165, 1.54) is 4.90 Å². The predicted molar refractivity (Wildman–Crippen MR) is 143 cm³/mol. The summed E-state index contributed by atoms with van der Waals surface area (Å²) in [4.78, 5) is 43.1. The van der Waals surface area contributed by atoms with Crippen LogP contribution in [0.25, 0.3) is 0 Å². The van der Waals surface area contributed by atoms with Gasteiger partial charge in [0.15, 0.2) is 0 Å². The fraction of sp³-hybridized carbons (Fsp3) is 0.483. The molecule has 2 atom stereocenters. The summed E-state index contributed by atoms with van der Waals surface area (Å²) in [6.45, 7) is 5.16. The van der Waals surface area contributed by atoms with Gasteiger partial charge in [-0.15, -0.1) is 0 Å². The molecule has 37 heavy (non-hydrogen) atoms. The molecular weight excluding hydrogens is 470 g/mol. The van der Waals surface area contributed by atoms with Crippen molar-refractivity contribution in [1.82, 2.24) is 4.90 Å². The van der Waals surface area contributed by atoms with Crippen LogP contribution < -0.4 is 10.6 Å². The number of hydrogen-bond acceptors (Lipinski definition) is 6. The standard InChI is InChI=1S/C29H39N3O5/c1-3-36-27(33)24(17-16-22-12-6-5-7-13-22)21-31(19-11-10-18-30)29(35)32-25-15-9-8-14-23(25)20-26(32)28(34)37-4-2/h5-9,12-15,24,26H,3-4,10-11,16-21,30H2,1-2H3/t24-,26?/m0/s1. The van der Waals surface area contributed by atoms with Crippen LogP contribution in [0.4, 0.5) is 10.5 Å². The zero-order valence-corrected chi connectivity index (χ0v) is 21.9. The number of carbonyl (C=O) groups is 3. The number of aryl methyl sites for hydroxylation is 1. The zero-order valence-electron chi connectivity index (χ0n) is 21.9. The Bertz CT molecular complexity index is 1030. The number of amides is 2. The van der Waals surface area contributed by atoms with Crippen molar-refractivity contribution in [2.45, 2.75) is 52.0 Å². The third-order valence-corrected chi connectivity index (χ3v) is 6.58. The van der Waals surface area contributed by atoms with Crippen LogP contribution in [0.2, 0.25) is 0 Å². The van der Waals surface area contributed by atoms with Crippen molar-refractivity contribution in [2.75, 3.05) is 37.7 Å². The highest BCUT2D eigenvalue weighted by molar-refractivity contribution is 6.01. The molecule has 0 saturated carbocycles. The Hall–Kier alpha value is -3.39. The number of rotatable bonds is 13. The number of unbranched alkanes of at least 4 members (excludes halogenated alkanes) is 1. The molecule has 2 N–H and O–H groups in total. The molecule has 2 aromatic rings. The Morgan fingerprint density at radius 2 is 1.70 bits per heavy atom. The summed E-state index contributed by atoms with van der Waals surface area (Å²) < 4.78 is 10.7. The van der Waals surface area contributed by atoms with E-state index in [-0.39, 0.29) is 31.8 Å². The van der Waals surface area contributed by atoms with Gasteiger partial charge in [-0.25, -0.2) is 9.59 Å². The summed E-state index contributed by atoms with van der Waals surface area (Å²) in [6, 6.07) is 16.4. The minimum atomic E-state index is -0.743. The van der Waals surface area contributed by atoms with Crippen LogP contribution >= 0.6 is 0 Å². The maximum Gasteiger partial charge on any atom is 0.329 e. The van der Waals surface area contributed by atoms with Gasteiger partial charge in [0, 0.05) is 25.2 Å². The molecule has 1 heterocycles. The number of esters is 2. The fourth-order valence-corrected chi connectivity index (χ4v) is 4.71. The van der Waals surface area contributed by atoms with Gasteiger partial charge in [-0.2, -0.15) is 0 Å². The lowest BCUT2D eigenvalue weighted by Gasteiger charge is -2.33. The normalized spacial score (nSPS) is 15.1. The summed E-state index contributed by atoms with van der Waals surface area (Å²) in [5.41, 5.74) is 8.46. The van der Waals surface area contributed by atoms with E-state index in [1.807, 2.05) is 54.6 Å². The molecule has 0 radical (unpaired) electrons. The van der Waals surface area contributed by atoms with Gasteiger partial charge in [0.05, 0.1) is 19.1 Å². The summed E-state index contributed by atoms with van der Waals surface area (Å²) in [7, 11) is 0. The van der Waals surface area contributed by atoms with Crippen molar-refractivity contribution in [1.29, 1.82) is 0 Å². The van der Waals surface area contributed by atoms with Crippen LogP contribution in [0.15, 0.2) is 54.6 Å². The van der Waals surface area contributed by atoms with E-state index in [0.29, 0.717) is 44.5 Å². The van der Waals surface area contributed by atoms with E-state index < -0.39 is 17.9 Å². The van der Waals surface area contributed by atoms with E-state index >= 15 is 0 Å². The number of para-hydroxylation sites is 1. The first-order valence-electron chi connectivity index (χ1n) is 13.2. The second-order valence-corrected chi connectivity index (χ2v) is 9.17. The number of carbonyl (C=O) groups excluding carboxylic acids is 3. The monoisotopic (exact) mass is 509 g/mol. The Kier molecular flexibility index (Phi) is 11.0. The number of fused-ring (bicyclic) bond motifs is 1. The molecule has 0 aromatic heterocycles. The van der Waals surface area contributed by atoms with Gasteiger partial charge < -0.3 is 20.1 Å². The van der Waals surface area contributed by atoms with Gasteiger partial charge in [-0.1, -0.05) is 48.5 Å². The van der Waals surface area contributed by atoms with Gasteiger partial charge >= 0.3 is 18.0 Å². The van der Waals surface area contributed by atoms with Crippen LogP contribution in [0.3, 0.4) is 0 Å². The molecule has 3 rings (SSSR count). The largest absolute Gasteiger partial charge is 0.466 e. The van der Waals surface area contributed by atoms with Crippen LogP contribution in [0, 0.1) is 5.92 Å². The van der Waals surface area contributed by atoms with Crippen molar-refractivity contribution in [3.63, 3.8) is 0 Å². The maximum absolute atomic E-state index is 14.1. The first-order chi connectivity index (χ1) is 18.0. The second-order valence-electron chi connectivity index (χ2n) is 9.17.